The number of aliphatic hydroxyl groups is 1. The molecule has 2 rings (SSSR count). The molecule has 1 aromatic heterocycles. The van der Waals surface area contributed by atoms with Crippen molar-refractivity contribution < 1.29 is 9.90 Å². The Morgan fingerprint density at radius 1 is 1.27 bits per heavy atom. The summed E-state index contributed by atoms with van der Waals surface area (Å²) in [6, 6.07) is 2.33. The highest BCUT2D eigenvalue weighted by molar-refractivity contribution is 5.77. The fourth-order valence-electron chi connectivity index (χ4n) is 3.50. The molecule has 1 aliphatic heterocycles. The zero-order chi connectivity index (χ0) is 16.0. The quantitative estimate of drug-likeness (QED) is 0.842. The van der Waals surface area contributed by atoms with Gasteiger partial charge in [0.15, 0.2) is 0 Å². The van der Waals surface area contributed by atoms with Gasteiger partial charge in [-0.15, -0.1) is 0 Å². The van der Waals surface area contributed by atoms with Crippen molar-refractivity contribution >= 4 is 5.91 Å². The smallest absolute Gasteiger partial charge is 0.225 e. The van der Waals surface area contributed by atoms with Gasteiger partial charge in [0.25, 0.3) is 0 Å². The summed E-state index contributed by atoms with van der Waals surface area (Å²) >= 11 is 0. The van der Waals surface area contributed by atoms with E-state index < -0.39 is 5.60 Å². The summed E-state index contributed by atoms with van der Waals surface area (Å²) in [4.78, 5) is 14.4. The number of amides is 1. The van der Waals surface area contributed by atoms with Crippen LogP contribution in [-0.2, 0) is 4.79 Å². The molecule has 0 spiro atoms. The largest absolute Gasteiger partial charge is 0.389 e. The molecule has 2 heterocycles. The second-order valence-electron chi connectivity index (χ2n) is 6.50. The average Bonchev–Trinajstić information content (AvgIpc) is 3.02. The lowest BCUT2D eigenvalue weighted by Crippen LogP contribution is -2.43. The molecule has 0 aliphatic carbocycles. The summed E-state index contributed by atoms with van der Waals surface area (Å²) < 4.78 is 1.99. The Balaban J connectivity index is 1.86. The Kier molecular flexibility index (Phi) is 6.00. The van der Waals surface area contributed by atoms with Crippen LogP contribution in [0.15, 0.2) is 18.5 Å². The molecule has 1 saturated heterocycles. The third-order valence-electron chi connectivity index (χ3n) is 4.63. The second-order valence-corrected chi connectivity index (χ2v) is 6.50. The summed E-state index contributed by atoms with van der Waals surface area (Å²) in [6.07, 6.45) is 9.15. The second kappa shape index (κ2) is 7.77. The van der Waals surface area contributed by atoms with Gasteiger partial charge in [-0.1, -0.05) is 26.7 Å². The highest BCUT2D eigenvalue weighted by atomic mass is 16.3. The number of hydrogen-bond acceptors (Lipinski definition) is 3. The van der Waals surface area contributed by atoms with Crippen molar-refractivity contribution in [1.29, 1.82) is 0 Å². The topological polar surface area (TPSA) is 58.4 Å². The predicted molar refractivity (Wildman–Crippen MR) is 86.5 cm³/mol. The van der Waals surface area contributed by atoms with E-state index in [4.69, 9.17) is 0 Å². The summed E-state index contributed by atoms with van der Waals surface area (Å²) in [5.74, 6) is 0.100. The lowest BCUT2D eigenvalue weighted by Gasteiger charge is -2.35. The molecule has 0 bridgehead atoms. The molecule has 1 amide bonds. The minimum absolute atomic E-state index is 0.100. The third kappa shape index (κ3) is 4.32. The lowest BCUT2D eigenvalue weighted by molar-refractivity contribution is -0.138. The number of aromatic nitrogens is 2. The van der Waals surface area contributed by atoms with Crippen molar-refractivity contribution in [2.45, 2.75) is 70.4 Å². The van der Waals surface area contributed by atoms with Crippen LogP contribution < -0.4 is 0 Å². The van der Waals surface area contributed by atoms with Crippen LogP contribution >= 0.6 is 0 Å². The van der Waals surface area contributed by atoms with Crippen molar-refractivity contribution in [3.05, 3.63) is 18.5 Å². The number of hydrogen-bond donors (Lipinski definition) is 1. The molecule has 0 radical (unpaired) electrons. The maximum absolute atomic E-state index is 12.5. The zero-order valence-electron chi connectivity index (χ0n) is 13.9. The van der Waals surface area contributed by atoms with Crippen molar-refractivity contribution in [2.24, 2.45) is 0 Å². The van der Waals surface area contributed by atoms with Crippen LogP contribution in [0.4, 0.5) is 0 Å². The van der Waals surface area contributed by atoms with E-state index in [0.29, 0.717) is 18.9 Å². The van der Waals surface area contributed by atoms with E-state index >= 15 is 0 Å². The Morgan fingerprint density at radius 3 is 2.41 bits per heavy atom. The van der Waals surface area contributed by atoms with Crippen LogP contribution in [0.3, 0.4) is 0 Å². The van der Waals surface area contributed by atoms with Crippen LogP contribution in [0.25, 0.3) is 0 Å². The first-order chi connectivity index (χ1) is 10.6. The van der Waals surface area contributed by atoms with Crippen LogP contribution in [0.2, 0.25) is 0 Å². The van der Waals surface area contributed by atoms with Gasteiger partial charge in [-0.3, -0.25) is 9.48 Å². The normalized spacial score (nSPS) is 17.0. The Bertz CT molecular complexity index is 444. The molecule has 5 heteroatoms. The van der Waals surface area contributed by atoms with E-state index in [0.717, 1.165) is 38.8 Å². The van der Waals surface area contributed by atoms with E-state index in [1.54, 1.807) is 6.20 Å². The van der Waals surface area contributed by atoms with Crippen molar-refractivity contribution in [3.63, 3.8) is 0 Å². The Hall–Kier alpha value is -1.36. The summed E-state index contributed by atoms with van der Waals surface area (Å²) in [6.45, 7) is 5.64. The molecule has 1 fully saturated rings. The summed E-state index contributed by atoms with van der Waals surface area (Å²) in [5.41, 5.74) is -0.820. The van der Waals surface area contributed by atoms with Gasteiger partial charge in [0, 0.05) is 25.5 Å². The summed E-state index contributed by atoms with van der Waals surface area (Å²) in [7, 11) is 0. The van der Waals surface area contributed by atoms with Gasteiger partial charge in [0.05, 0.1) is 18.1 Å². The zero-order valence-corrected chi connectivity index (χ0v) is 13.9. The molecule has 0 atom stereocenters. The van der Waals surface area contributed by atoms with E-state index in [9.17, 15) is 9.90 Å². The number of nitrogens with zero attached hydrogens (tertiary/aromatic N) is 3. The van der Waals surface area contributed by atoms with Crippen molar-refractivity contribution in [3.8, 4) is 0 Å². The molecule has 0 unspecified atom stereocenters. The fourth-order valence-corrected chi connectivity index (χ4v) is 3.50. The first-order valence-corrected chi connectivity index (χ1v) is 8.57. The van der Waals surface area contributed by atoms with Crippen molar-refractivity contribution in [1.82, 2.24) is 14.7 Å². The molecule has 1 aromatic rings. The minimum Gasteiger partial charge on any atom is -0.389 e. The number of carbonyl (C=O) groups excluding carboxylic acids is 1. The molecule has 1 aliphatic rings. The fraction of sp³-hybridized carbons (Fsp3) is 0.765. The molecule has 0 saturated carbocycles. The maximum Gasteiger partial charge on any atom is 0.225 e. The molecule has 0 aromatic carbocycles. The molecule has 124 valence electrons. The van der Waals surface area contributed by atoms with E-state index in [-0.39, 0.29) is 12.3 Å². The molecule has 22 heavy (non-hydrogen) atoms. The van der Waals surface area contributed by atoms with Gasteiger partial charge in [-0.25, -0.2) is 0 Å². The van der Waals surface area contributed by atoms with Crippen LogP contribution in [0.1, 0.15) is 64.8 Å². The predicted octanol–water partition coefficient (Wildman–Crippen LogP) is 2.77. The van der Waals surface area contributed by atoms with E-state index in [1.165, 1.54) is 0 Å². The van der Waals surface area contributed by atoms with Gasteiger partial charge < -0.3 is 10.0 Å². The molecule has 1 N–H and O–H groups in total. The third-order valence-corrected chi connectivity index (χ3v) is 4.63. The number of likely N-dealkylation sites (tertiary alicyclic amines) is 1. The average molecular weight is 307 g/mol. The first-order valence-electron chi connectivity index (χ1n) is 8.57. The highest BCUT2D eigenvalue weighted by Gasteiger charge is 2.32. The van der Waals surface area contributed by atoms with Gasteiger partial charge in [-0.05, 0) is 31.7 Å². The SMILES string of the molecule is CCCC(O)(CCC)CC(=O)N1CCC(n2cccn2)CC1. The minimum atomic E-state index is -0.820. The number of piperidine rings is 1. The van der Waals surface area contributed by atoms with Crippen LogP contribution in [-0.4, -0.2) is 44.4 Å². The highest BCUT2D eigenvalue weighted by Crippen LogP contribution is 2.27. The first kappa shape index (κ1) is 17.0. The van der Waals surface area contributed by atoms with Crippen LogP contribution in [0.5, 0.6) is 0 Å². The molecular formula is C17H29N3O2. The van der Waals surface area contributed by atoms with Crippen molar-refractivity contribution in [2.75, 3.05) is 13.1 Å². The Labute approximate surface area is 133 Å². The Morgan fingerprint density at radius 2 is 1.91 bits per heavy atom. The number of carbonyl (C=O) groups is 1. The van der Waals surface area contributed by atoms with E-state index in [1.807, 2.05) is 21.8 Å². The van der Waals surface area contributed by atoms with Gasteiger partial charge in [0.2, 0.25) is 5.91 Å². The lowest BCUT2D eigenvalue weighted by atomic mass is 9.88. The van der Waals surface area contributed by atoms with Gasteiger partial charge in [-0.2, -0.15) is 5.10 Å². The maximum atomic E-state index is 12.5. The molecule has 5 nitrogen and oxygen atoms in total. The molecular weight excluding hydrogens is 278 g/mol. The standard InChI is InChI=1S/C17H29N3O2/c1-3-8-17(22,9-4-2)14-16(21)19-12-6-15(7-13-19)20-11-5-10-18-20/h5,10-11,15,22H,3-4,6-9,12-14H2,1-2H3. The summed E-state index contributed by atoms with van der Waals surface area (Å²) in [5, 5.41) is 14.9. The monoisotopic (exact) mass is 307 g/mol. The van der Waals surface area contributed by atoms with Gasteiger partial charge in [0.1, 0.15) is 0 Å². The number of rotatable bonds is 7. The van der Waals surface area contributed by atoms with E-state index in [2.05, 4.69) is 18.9 Å². The van der Waals surface area contributed by atoms with Crippen LogP contribution in [0, 0.1) is 0 Å². The van der Waals surface area contributed by atoms with Gasteiger partial charge >= 0.3 is 0 Å².